The Kier molecular flexibility index (Phi) is 2.07. The molecule has 0 saturated heterocycles. The molecule has 0 atom stereocenters. The molecule has 0 bridgehead atoms. The van der Waals surface area contributed by atoms with Crippen LogP contribution in [-0.4, -0.2) is 39.9 Å². The average Bonchev–Trinajstić information content (AvgIpc) is 3.40. The number of carbonyl (C=O) groups is 1. The molecule has 2 fully saturated rings. The quantitative estimate of drug-likeness (QED) is 0.803. The topological polar surface area (TPSA) is 70.3 Å². The van der Waals surface area contributed by atoms with Gasteiger partial charge in [-0.3, -0.25) is 4.79 Å². The Morgan fingerprint density at radius 1 is 1.19 bits per heavy atom. The molecule has 0 aromatic carbocycles. The Morgan fingerprint density at radius 3 is 2.67 bits per heavy atom. The second-order valence-electron chi connectivity index (χ2n) is 5.92. The number of rotatable bonds is 3. The standard InChI is InChI=1S/C15H13N5O/c21-15(20(8-1-2-8)9-3-4-9)11-5-10-13-12(17-7-18-13)6-16-14(10)19-11/h5-9H,1-4H2. The summed E-state index contributed by atoms with van der Waals surface area (Å²) in [5.74, 6) is 0.628. The van der Waals surface area contributed by atoms with Crippen LogP contribution in [0.4, 0.5) is 11.5 Å². The van der Waals surface area contributed by atoms with Gasteiger partial charge in [-0.1, -0.05) is 0 Å². The average molecular weight is 279 g/mol. The van der Waals surface area contributed by atoms with Crippen LogP contribution in [0.15, 0.2) is 21.2 Å². The van der Waals surface area contributed by atoms with Crippen molar-refractivity contribution in [3.8, 4) is 0 Å². The number of nitrogens with zero attached hydrogens (tertiary/aromatic N) is 5. The Hall–Kier alpha value is -2.37. The van der Waals surface area contributed by atoms with E-state index in [4.69, 9.17) is 0 Å². The van der Waals surface area contributed by atoms with Gasteiger partial charge in [0.1, 0.15) is 23.1 Å². The molecule has 1 aromatic heterocycles. The van der Waals surface area contributed by atoms with Gasteiger partial charge in [0.15, 0.2) is 5.82 Å². The number of aromatic nitrogens is 1. The van der Waals surface area contributed by atoms with Gasteiger partial charge in [0.05, 0.1) is 6.20 Å². The Labute approximate surface area is 120 Å². The maximum absolute atomic E-state index is 12.8. The first-order chi connectivity index (χ1) is 10.3. The molecule has 0 spiro atoms. The van der Waals surface area contributed by atoms with Gasteiger partial charge in [0.25, 0.3) is 5.91 Å². The van der Waals surface area contributed by atoms with Crippen LogP contribution in [-0.2, 0) is 4.79 Å². The molecule has 2 aliphatic carbocycles. The summed E-state index contributed by atoms with van der Waals surface area (Å²) in [5, 5.41) is 1.59. The van der Waals surface area contributed by atoms with Crippen molar-refractivity contribution >= 4 is 35.5 Å². The normalized spacial score (nSPS) is 21.2. The molecule has 4 aliphatic rings. The van der Waals surface area contributed by atoms with Gasteiger partial charge in [-0.25, -0.2) is 20.0 Å². The van der Waals surface area contributed by atoms with E-state index >= 15 is 0 Å². The number of amides is 1. The van der Waals surface area contributed by atoms with Gasteiger partial charge < -0.3 is 4.90 Å². The molecule has 104 valence electrons. The highest BCUT2D eigenvalue weighted by Gasteiger charge is 2.43. The molecule has 0 unspecified atom stereocenters. The first-order valence-corrected chi connectivity index (χ1v) is 7.34. The Bertz CT molecular complexity index is 834. The second-order valence-corrected chi connectivity index (χ2v) is 5.92. The van der Waals surface area contributed by atoms with E-state index in [0.717, 1.165) is 41.9 Å². The summed E-state index contributed by atoms with van der Waals surface area (Å²) in [5.41, 5.74) is 1.24. The summed E-state index contributed by atoms with van der Waals surface area (Å²) in [4.78, 5) is 31.9. The van der Waals surface area contributed by atoms with Gasteiger partial charge in [-0.15, -0.1) is 0 Å². The molecule has 1 aromatic rings. The van der Waals surface area contributed by atoms with E-state index in [1.54, 1.807) is 6.20 Å². The van der Waals surface area contributed by atoms with Crippen molar-refractivity contribution in [2.24, 2.45) is 15.0 Å². The highest BCUT2D eigenvalue weighted by atomic mass is 16.2. The number of hydrogen-bond acceptors (Lipinski definition) is 5. The highest BCUT2D eigenvalue weighted by Crippen LogP contribution is 2.37. The number of fused-ring (bicyclic) bond motifs is 3. The van der Waals surface area contributed by atoms with E-state index in [-0.39, 0.29) is 5.91 Å². The predicted octanol–water partition coefficient (Wildman–Crippen LogP) is 0.395. The number of aliphatic imine (C=N–C) groups is 2. The van der Waals surface area contributed by atoms with Crippen molar-refractivity contribution in [1.82, 2.24) is 9.88 Å². The van der Waals surface area contributed by atoms with E-state index in [2.05, 4.69) is 20.0 Å². The molecule has 21 heavy (non-hydrogen) atoms. The van der Waals surface area contributed by atoms with Crippen LogP contribution in [0, 0.1) is 0 Å². The maximum Gasteiger partial charge on any atom is 0.273 e. The molecule has 0 N–H and O–H groups in total. The third-order valence-electron chi connectivity index (χ3n) is 4.27. The van der Waals surface area contributed by atoms with Crippen molar-refractivity contribution in [2.45, 2.75) is 37.8 Å². The molecule has 6 heteroatoms. The summed E-state index contributed by atoms with van der Waals surface area (Å²) in [6.45, 7) is 0. The Morgan fingerprint density at radius 2 is 1.95 bits per heavy atom. The largest absolute Gasteiger partial charge is 0.331 e. The lowest BCUT2D eigenvalue weighted by Crippen LogP contribution is -2.39. The van der Waals surface area contributed by atoms with Crippen molar-refractivity contribution in [1.29, 1.82) is 0 Å². The van der Waals surface area contributed by atoms with Crippen molar-refractivity contribution in [2.75, 3.05) is 0 Å². The van der Waals surface area contributed by atoms with Crippen LogP contribution >= 0.6 is 0 Å². The lowest BCUT2D eigenvalue weighted by Gasteiger charge is -2.21. The van der Waals surface area contributed by atoms with Crippen LogP contribution in [0.2, 0.25) is 0 Å². The van der Waals surface area contributed by atoms with Crippen LogP contribution in [0.3, 0.4) is 0 Å². The lowest BCUT2D eigenvalue weighted by atomic mass is 10.2. The highest BCUT2D eigenvalue weighted by molar-refractivity contribution is 6.51. The summed E-state index contributed by atoms with van der Waals surface area (Å²) < 4.78 is 0. The van der Waals surface area contributed by atoms with Crippen molar-refractivity contribution < 1.29 is 4.79 Å². The third-order valence-corrected chi connectivity index (χ3v) is 4.27. The zero-order valence-electron chi connectivity index (χ0n) is 11.4. The fourth-order valence-corrected chi connectivity index (χ4v) is 2.96. The number of pyridine rings is 1. The zero-order chi connectivity index (χ0) is 14.0. The minimum absolute atomic E-state index is 0.0469. The minimum Gasteiger partial charge on any atom is -0.331 e. The monoisotopic (exact) mass is 279 g/mol. The van der Waals surface area contributed by atoms with Gasteiger partial charge in [-0.05, 0) is 31.8 Å². The van der Waals surface area contributed by atoms with Crippen LogP contribution < -0.4 is 10.6 Å². The van der Waals surface area contributed by atoms with Gasteiger partial charge in [0, 0.05) is 17.3 Å². The van der Waals surface area contributed by atoms with Crippen LogP contribution in [0.25, 0.3) is 6.08 Å². The van der Waals surface area contributed by atoms with Gasteiger partial charge in [-0.2, -0.15) is 0 Å². The van der Waals surface area contributed by atoms with E-state index < -0.39 is 0 Å². The summed E-state index contributed by atoms with van der Waals surface area (Å²) in [6.07, 6.45) is 9.49. The molecule has 2 aliphatic heterocycles. The SMILES string of the molecule is O=C(C1=Nc2ncc3c(c2=C1)=NC=N3)N(C1CC1)C1CC1. The van der Waals surface area contributed by atoms with Crippen molar-refractivity contribution in [3.05, 3.63) is 16.8 Å². The zero-order valence-corrected chi connectivity index (χ0v) is 11.4. The smallest absolute Gasteiger partial charge is 0.273 e. The van der Waals surface area contributed by atoms with E-state index in [9.17, 15) is 4.79 Å². The number of carbonyl (C=O) groups excluding carboxylic acids is 1. The molecule has 3 heterocycles. The minimum atomic E-state index is 0.0469. The fraction of sp³-hybridized carbons (Fsp3) is 0.400. The molecule has 5 rings (SSSR count). The van der Waals surface area contributed by atoms with E-state index in [1.165, 1.54) is 6.34 Å². The van der Waals surface area contributed by atoms with Crippen LogP contribution in [0.1, 0.15) is 25.7 Å². The fourth-order valence-electron chi connectivity index (χ4n) is 2.96. The summed E-state index contributed by atoms with van der Waals surface area (Å²) in [7, 11) is 0. The van der Waals surface area contributed by atoms with Gasteiger partial charge in [0.2, 0.25) is 0 Å². The molecular weight excluding hydrogens is 266 g/mol. The molecular formula is C15H13N5O. The first-order valence-electron chi connectivity index (χ1n) is 7.34. The van der Waals surface area contributed by atoms with Crippen molar-refractivity contribution in [3.63, 3.8) is 0 Å². The van der Waals surface area contributed by atoms with E-state index in [0.29, 0.717) is 23.6 Å². The Balaban J connectivity index is 1.56. The third kappa shape index (κ3) is 1.68. The van der Waals surface area contributed by atoms with Crippen LogP contribution in [0.5, 0.6) is 0 Å². The first kappa shape index (κ1) is 11.3. The van der Waals surface area contributed by atoms with Gasteiger partial charge >= 0.3 is 0 Å². The molecule has 2 saturated carbocycles. The molecule has 1 amide bonds. The predicted molar refractivity (Wildman–Crippen MR) is 77.6 cm³/mol. The number of hydrogen-bond donors (Lipinski definition) is 0. The molecule has 6 nitrogen and oxygen atoms in total. The lowest BCUT2D eigenvalue weighted by molar-refractivity contribution is -0.125. The van der Waals surface area contributed by atoms with E-state index in [1.807, 2.05) is 11.0 Å². The summed E-state index contributed by atoms with van der Waals surface area (Å²) >= 11 is 0. The maximum atomic E-state index is 12.8. The molecule has 0 radical (unpaired) electrons. The summed E-state index contributed by atoms with van der Waals surface area (Å²) in [6, 6.07) is 0.855. The second kappa shape index (κ2) is 3.84.